The molecule has 1 N–H and O–H groups in total. The number of rotatable bonds is 4. The molecule has 8 heteroatoms. The van der Waals surface area contributed by atoms with Gasteiger partial charge in [-0.15, -0.1) is 11.3 Å². The van der Waals surface area contributed by atoms with Gasteiger partial charge in [0, 0.05) is 32.1 Å². The van der Waals surface area contributed by atoms with E-state index in [0.29, 0.717) is 32.4 Å². The van der Waals surface area contributed by atoms with Crippen LogP contribution >= 0.6 is 38.9 Å². The van der Waals surface area contributed by atoms with Crippen LogP contribution in [0.2, 0.25) is 5.02 Å². The molecule has 2 aromatic carbocycles. The summed E-state index contributed by atoms with van der Waals surface area (Å²) < 4.78 is 6.29. The van der Waals surface area contributed by atoms with Crippen molar-refractivity contribution in [2.45, 2.75) is 6.92 Å². The van der Waals surface area contributed by atoms with E-state index >= 15 is 0 Å². The summed E-state index contributed by atoms with van der Waals surface area (Å²) in [5, 5.41) is 16.3. The van der Waals surface area contributed by atoms with Gasteiger partial charge in [0.15, 0.2) is 0 Å². The molecule has 2 aromatic heterocycles. The third-order valence-electron chi connectivity index (χ3n) is 4.38. The van der Waals surface area contributed by atoms with Gasteiger partial charge in [0.25, 0.3) is 0 Å². The number of aryl methyl sites for hydroxylation is 1. The third kappa shape index (κ3) is 4.17. The number of anilines is 1. The number of nitrogens with zero attached hydrogens (tertiary/aromatic N) is 2. The lowest BCUT2D eigenvalue weighted by atomic mass is 10.1. The smallest absolute Gasteiger partial charge is 0.345 e. The Labute approximate surface area is 189 Å². The molecule has 0 fully saturated rings. The molecule has 0 saturated heterocycles. The van der Waals surface area contributed by atoms with Crippen LogP contribution in [0.1, 0.15) is 10.6 Å². The van der Waals surface area contributed by atoms with Gasteiger partial charge in [-0.25, -0.2) is 9.78 Å². The lowest BCUT2D eigenvalue weighted by Crippen LogP contribution is -2.03. The quantitative estimate of drug-likeness (QED) is 0.253. The van der Waals surface area contributed by atoms with Gasteiger partial charge in [-0.2, -0.15) is 5.26 Å². The van der Waals surface area contributed by atoms with Crippen molar-refractivity contribution in [3.05, 3.63) is 84.5 Å². The van der Waals surface area contributed by atoms with E-state index in [9.17, 15) is 10.1 Å². The number of fused-ring (bicyclic) bond motifs is 1. The zero-order valence-corrected chi connectivity index (χ0v) is 18.7. The molecule has 0 aliphatic heterocycles. The molecular weight excluding hydrogens is 486 g/mol. The second kappa shape index (κ2) is 8.44. The fourth-order valence-electron chi connectivity index (χ4n) is 2.77. The molecule has 0 unspecified atom stereocenters. The molecule has 0 radical (unpaired) electrons. The number of nitrogens with one attached hydrogen (secondary N) is 1. The monoisotopic (exact) mass is 497 g/mol. The van der Waals surface area contributed by atoms with Gasteiger partial charge < -0.3 is 9.73 Å². The van der Waals surface area contributed by atoms with Crippen molar-refractivity contribution in [2.24, 2.45) is 0 Å². The largest absolute Gasteiger partial charge is 0.422 e. The van der Waals surface area contributed by atoms with Crippen LogP contribution in [0, 0.1) is 18.3 Å². The molecule has 0 aliphatic rings. The molecule has 4 aromatic rings. The summed E-state index contributed by atoms with van der Waals surface area (Å²) in [5.74, 6) is 0. The third-order valence-corrected chi connectivity index (χ3v) is 6.16. The lowest BCUT2D eigenvalue weighted by molar-refractivity contribution is 0.563. The van der Waals surface area contributed by atoms with Crippen LogP contribution in [0.5, 0.6) is 0 Å². The molecule has 0 amide bonds. The Hall–Kier alpha value is -2.92. The fourth-order valence-corrected chi connectivity index (χ4v) is 4.12. The summed E-state index contributed by atoms with van der Waals surface area (Å²) in [6.07, 6.45) is 1.57. The molecule has 30 heavy (non-hydrogen) atoms. The van der Waals surface area contributed by atoms with E-state index in [4.69, 9.17) is 16.0 Å². The first-order valence-electron chi connectivity index (χ1n) is 8.77. The molecule has 148 valence electrons. The highest BCUT2D eigenvalue weighted by atomic mass is 79.9. The number of aromatic nitrogens is 1. The second-order valence-corrected chi connectivity index (χ2v) is 8.63. The predicted octanol–water partition coefficient (Wildman–Crippen LogP) is 6.62. The molecule has 0 spiro atoms. The summed E-state index contributed by atoms with van der Waals surface area (Å²) in [4.78, 5) is 16.9. The maximum Gasteiger partial charge on any atom is 0.345 e. The maximum atomic E-state index is 12.4. The number of allylic oxidation sites excluding steroid dienone is 1. The fraction of sp³-hybridized carbons (Fsp3) is 0.0455. The van der Waals surface area contributed by atoms with Crippen LogP contribution in [-0.2, 0) is 0 Å². The SMILES string of the molecule is Cc1ccc(N/C=C(\C#N)c2nc(-c3cc4cc(Br)ccc4oc3=O)cs2)cc1Cl. The maximum absolute atomic E-state index is 12.4. The Balaban J connectivity index is 1.66. The molecular formula is C22H13BrClN3O2S. The summed E-state index contributed by atoms with van der Waals surface area (Å²) in [5.41, 5.74) is 2.91. The molecule has 4 rings (SSSR count). The van der Waals surface area contributed by atoms with Crippen molar-refractivity contribution < 1.29 is 4.42 Å². The summed E-state index contributed by atoms with van der Waals surface area (Å²) in [6.45, 7) is 1.92. The number of hydrogen-bond acceptors (Lipinski definition) is 6. The highest BCUT2D eigenvalue weighted by Crippen LogP contribution is 2.28. The molecule has 0 aliphatic carbocycles. The summed E-state index contributed by atoms with van der Waals surface area (Å²) in [7, 11) is 0. The first-order valence-corrected chi connectivity index (χ1v) is 10.8. The highest BCUT2D eigenvalue weighted by Gasteiger charge is 2.14. The van der Waals surface area contributed by atoms with Gasteiger partial charge in [-0.05, 0) is 48.9 Å². The average Bonchev–Trinajstić information content (AvgIpc) is 3.20. The van der Waals surface area contributed by atoms with Gasteiger partial charge in [0.05, 0.1) is 11.3 Å². The summed E-state index contributed by atoms with van der Waals surface area (Å²) in [6, 6.07) is 14.8. The molecule has 0 saturated carbocycles. The van der Waals surface area contributed by atoms with E-state index < -0.39 is 5.63 Å². The van der Waals surface area contributed by atoms with Crippen molar-refractivity contribution in [2.75, 3.05) is 5.32 Å². The van der Waals surface area contributed by atoms with Crippen molar-refractivity contribution in [1.82, 2.24) is 4.98 Å². The van der Waals surface area contributed by atoms with Crippen molar-refractivity contribution >= 4 is 61.1 Å². The first kappa shape index (κ1) is 20.4. The van der Waals surface area contributed by atoms with Crippen molar-refractivity contribution in [3.63, 3.8) is 0 Å². The van der Waals surface area contributed by atoms with Gasteiger partial charge in [-0.3, -0.25) is 0 Å². The van der Waals surface area contributed by atoms with Gasteiger partial charge in [0.2, 0.25) is 0 Å². The standard InChI is InChI=1S/C22H13BrClN3O2S/c1-12-2-4-16(8-18(12)24)26-10-14(9-25)21-27-19(11-30-21)17-7-13-6-15(23)3-5-20(13)29-22(17)28/h2-8,10-11,26H,1H3/b14-10+. The summed E-state index contributed by atoms with van der Waals surface area (Å²) >= 11 is 10.8. The van der Waals surface area contributed by atoms with E-state index in [0.717, 1.165) is 21.1 Å². The van der Waals surface area contributed by atoms with Crippen LogP contribution in [0.15, 0.2) is 67.7 Å². The van der Waals surface area contributed by atoms with Crippen LogP contribution < -0.4 is 10.9 Å². The van der Waals surface area contributed by atoms with Crippen molar-refractivity contribution in [3.8, 4) is 17.3 Å². The molecule has 5 nitrogen and oxygen atoms in total. The van der Waals surface area contributed by atoms with Gasteiger partial charge >= 0.3 is 5.63 Å². The van der Waals surface area contributed by atoms with Gasteiger partial charge in [0.1, 0.15) is 22.2 Å². The van der Waals surface area contributed by atoms with Crippen LogP contribution in [0.25, 0.3) is 27.8 Å². The molecule has 0 bridgehead atoms. The zero-order valence-electron chi connectivity index (χ0n) is 15.6. The van der Waals surface area contributed by atoms with E-state index in [-0.39, 0.29) is 0 Å². The number of benzene rings is 2. The van der Waals surface area contributed by atoms with Crippen LogP contribution in [0.3, 0.4) is 0 Å². The number of halogens is 2. The minimum Gasteiger partial charge on any atom is -0.422 e. The minimum atomic E-state index is -0.475. The first-order chi connectivity index (χ1) is 14.4. The number of hydrogen-bond donors (Lipinski definition) is 1. The lowest BCUT2D eigenvalue weighted by Gasteiger charge is -2.04. The normalized spacial score (nSPS) is 11.5. The molecule has 0 atom stereocenters. The topological polar surface area (TPSA) is 78.9 Å². The minimum absolute atomic E-state index is 0.343. The van der Waals surface area contributed by atoms with E-state index in [2.05, 4.69) is 32.3 Å². The molecule has 2 heterocycles. The predicted molar refractivity (Wildman–Crippen MR) is 125 cm³/mol. The van der Waals surface area contributed by atoms with Crippen LogP contribution in [0.4, 0.5) is 5.69 Å². The van der Waals surface area contributed by atoms with Gasteiger partial charge in [-0.1, -0.05) is 33.6 Å². The Bertz CT molecular complexity index is 1400. The zero-order chi connectivity index (χ0) is 21.3. The van der Waals surface area contributed by atoms with Crippen molar-refractivity contribution in [1.29, 1.82) is 5.26 Å². The Kier molecular flexibility index (Phi) is 5.73. The second-order valence-electron chi connectivity index (χ2n) is 6.45. The van der Waals surface area contributed by atoms with Crippen LogP contribution in [-0.4, -0.2) is 4.98 Å². The average molecular weight is 499 g/mol. The Morgan fingerprint density at radius 3 is 2.90 bits per heavy atom. The van der Waals surface area contributed by atoms with E-state index in [1.807, 2.05) is 31.2 Å². The van der Waals surface area contributed by atoms with E-state index in [1.54, 1.807) is 29.8 Å². The Morgan fingerprint density at radius 2 is 2.13 bits per heavy atom. The highest BCUT2D eigenvalue weighted by molar-refractivity contribution is 9.10. The Morgan fingerprint density at radius 1 is 1.30 bits per heavy atom. The number of nitriles is 1. The number of thiazole rings is 1. The van der Waals surface area contributed by atoms with E-state index in [1.165, 1.54) is 11.3 Å².